The number of carbonyl (C=O) groups is 1. The van der Waals surface area contributed by atoms with Crippen LogP contribution in [0, 0.1) is 0 Å². The number of carbonyl (C=O) groups excluding carboxylic acids is 1. The highest BCUT2D eigenvalue weighted by atomic mass is 16.5. The van der Waals surface area contributed by atoms with Gasteiger partial charge in [-0.25, -0.2) is 4.68 Å². The van der Waals surface area contributed by atoms with Gasteiger partial charge in [-0.1, -0.05) is 12.1 Å². The number of benzene rings is 1. The molecule has 6 heteroatoms. The van der Waals surface area contributed by atoms with Gasteiger partial charge in [-0.15, -0.1) is 6.58 Å². The lowest BCUT2D eigenvalue weighted by Gasteiger charge is -2.24. The van der Waals surface area contributed by atoms with Crippen molar-refractivity contribution in [1.29, 1.82) is 0 Å². The van der Waals surface area contributed by atoms with Crippen LogP contribution >= 0.6 is 0 Å². The molecule has 1 aliphatic heterocycles. The summed E-state index contributed by atoms with van der Waals surface area (Å²) in [6, 6.07) is 8.05. The predicted octanol–water partition coefficient (Wildman–Crippen LogP) is 2.54. The second-order valence-corrected chi connectivity index (χ2v) is 6.49. The van der Waals surface area contributed by atoms with E-state index in [4.69, 9.17) is 4.74 Å². The molecule has 26 heavy (non-hydrogen) atoms. The molecule has 0 spiro atoms. The first-order chi connectivity index (χ1) is 12.7. The van der Waals surface area contributed by atoms with Crippen LogP contribution in [0.25, 0.3) is 5.69 Å². The molecule has 2 heterocycles. The molecule has 138 valence electrons. The summed E-state index contributed by atoms with van der Waals surface area (Å²) in [6.07, 6.45) is 8.19. The Morgan fingerprint density at radius 1 is 1.46 bits per heavy atom. The monoisotopic (exact) mass is 354 g/mol. The maximum atomic E-state index is 12.3. The van der Waals surface area contributed by atoms with Crippen molar-refractivity contribution in [2.45, 2.75) is 31.8 Å². The van der Waals surface area contributed by atoms with Crippen LogP contribution in [0.5, 0.6) is 5.75 Å². The van der Waals surface area contributed by atoms with E-state index in [1.807, 2.05) is 52.3 Å². The minimum Gasteiger partial charge on any atom is -0.497 e. The van der Waals surface area contributed by atoms with Gasteiger partial charge < -0.3 is 15.0 Å². The van der Waals surface area contributed by atoms with Crippen LogP contribution in [0.4, 0.5) is 0 Å². The molecule has 1 saturated heterocycles. The highest BCUT2D eigenvalue weighted by Crippen LogP contribution is 2.24. The zero-order valence-corrected chi connectivity index (χ0v) is 15.2. The van der Waals surface area contributed by atoms with Crippen molar-refractivity contribution in [3.8, 4) is 11.4 Å². The number of amides is 1. The highest BCUT2D eigenvalue weighted by Gasteiger charge is 2.30. The van der Waals surface area contributed by atoms with E-state index < -0.39 is 0 Å². The smallest absolute Gasteiger partial charge is 0.223 e. The van der Waals surface area contributed by atoms with Crippen LogP contribution in [-0.4, -0.2) is 46.8 Å². The van der Waals surface area contributed by atoms with E-state index in [1.165, 1.54) is 0 Å². The number of rotatable bonds is 9. The number of aromatic nitrogens is 2. The third kappa shape index (κ3) is 4.32. The third-order valence-electron chi connectivity index (χ3n) is 4.70. The lowest BCUT2D eigenvalue weighted by atomic mass is 10.1. The first kappa shape index (κ1) is 18.2. The van der Waals surface area contributed by atoms with Gasteiger partial charge in [-0.05, 0) is 31.5 Å². The molecule has 0 unspecified atom stereocenters. The van der Waals surface area contributed by atoms with Gasteiger partial charge in [0.1, 0.15) is 5.75 Å². The van der Waals surface area contributed by atoms with Gasteiger partial charge in [0.15, 0.2) is 0 Å². The van der Waals surface area contributed by atoms with Gasteiger partial charge in [0.2, 0.25) is 5.91 Å². The molecule has 1 fully saturated rings. The van der Waals surface area contributed by atoms with E-state index in [0.717, 1.165) is 42.9 Å². The fraction of sp³-hybridized carbons (Fsp3) is 0.400. The topological polar surface area (TPSA) is 59.4 Å². The molecule has 1 aromatic carbocycles. The van der Waals surface area contributed by atoms with Crippen LogP contribution < -0.4 is 10.1 Å². The minimum atomic E-state index is 0.229. The zero-order valence-electron chi connectivity index (χ0n) is 15.2. The van der Waals surface area contributed by atoms with E-state index in [9.17, 15) is 4.79 Å². The highest BCUT2D eigenvalue weighted by molar-refractivity contribution is 5.78. The molecule has 1 N–H and O–H groups in total. The molecule has 0 bridgehead atoms. The van der Waals surface area contributed by atoms with E-state index in [1.54, 1.807) is 7.11 Å². The van der Waals surface area contributed by atoms with Crippen LogP contribution in [0.15, 0.2) is 49.3 Å². The van der Waals surface area contributed by atoms with Crippen molar-refractivity contribution in [3.63, 3.8) is 0 Å². The Kier molecular flexibility index (Phi) is 6.07. The van der Waals surface area contributed by atoms with Crippen molar-refractivity contribution >= 4 is 5.91 Å². The van der Waals surface area contributed by atoms with Gasteiger partial charge in [0.05, 0.1) is 19.0 Å². The molecule has 1 amide bonds. The van der Waals surface area contributed by atoms with Crippen LogP contribution in [0.3, 0.4) is 0 Å². The third-order valence-corrected chi connectivity index (χ3v) is 4.70. The maximum absolute atomic E-state index is 12.3. The molecule has 1 aromatic heterocycles. The molecule has 2 aromatic rings. The lowest BCUT2D eigenvalue weighted by molar-refractivity contribution is -0.129. The summed E-state index contributed by atoms with van der Waals surface area (Å²) in [5, 5.41) is 7.75. The maximum Gasteiger partial charge on any atom is 0.223 e. The Morgan fingerprint density at radius 2 is 2.35 bits per heavy atom. The summed E-state index contributed by atoms with van der Waals surface area (Å²) in [7, 11) is 1.65. The number of nitrogens with one attached hydrogen (secondary N) is 1. The Morgan fingerprint density at radius 3 is 3.15 bits per heavy atom. The van der Waals surface area contributed by atoms with Gasteiger partial charge in [0.25, 0.3) is 0 Å². The molecular formula is C20H26N4O2. The van der Waals surface area contributed by atoms with Gasteiger partial charge in [-0.2, -0.15) is 5.10 Å². The van der Waals surface area contributed by atoms with Crippen molar-refractivity contribution in [3.05, 3.63) is 54.9 Å². The molecule has 6 nitrogen and oxygen atoms in total. The van der Waals surface area contributed by atoms with Crippen LogP contribution in [0.2, 0.25) is 0 Å². The molecule has 3 rings (SSSR count). The van der Waals surface area contributed by atoms with Crippen molar-refractivity contribution in [1.82, 2.24) is 20.0 Å². The quantitative estimate of drug-likeness (QED) is 0.555. The zero-order chi connectivity index (χ0) is 18.4. The van der Waals surface area contributed by atoms with Crippen molar-refractivity contribution in [2.24, 2.45) is 0 Å². The van der Waals surface area contributed by atoms with Gasteiger partial charge in [-0.3, -0.25) is 4.79 Å². The van der Waals surface area contributed by atoms with E-state index in [0.29, 0.717) is 19.0 Å². The van der Waals surface area contributed by atoms with Crippen molar-refractivity contribution < 1.29 is 9.53 Å². The van der Waals surface area contributed by atoms with E-state index in [-0.39, 0.29) is 5.91 Å². The van der Waals surface area contributed by atoms with Gasteiger partial charge >= 0.3 is 0 Å². The molecule has 0 saturated carbocycles. The standard InChI is InChI=1S/C20H26N4O2/c1-3-10-21-11-9-17-7-8-20(25)23(17)14-16-13-22-24(15-16)18-5-4-6-19(12-18)26-2/h3-6,12-13,15,17,21H,1,7-11,14H2,2H3/t17-/m1/s1. The SMILES string of the molecule is C=CCNCC[C@H]1CCC(=O)N1Cc1cnn(-c2cccc(OC)c2)c1. The molecular weight excluding hydrogens is 328 g/mol. The number of methoxy groups -OCH3 is 1. The minimum absolute atomic E-state index is 0.229. The molecule has 0 aliphatic carbocycles. The summed E-state index contributed by atoms with van der Waals surface area (Å²) >= 11 is 0. The average Bonchev–Trinajstić information content (AvgIpc) is 3.27. The summed E-state index contributed by atoms with van der Waals surface area (Å²) in [5.41, 5.74) is 1.97. The summed E-state index contributed by atoms with van der Waals surface area (Å²) < 4.78 is 7.09. The molecule has 0 radical (unpaired) electrons. The van der Waals surface area contributed by atoms with E-state index in [2.05, 4.69) is 17.0 Å². The average molecular weight is 354 g/mol. The van der Waals surface area contributed by atoms with Gasteiger partial charge in [0, 0.05) is 43.4 Å². The Bertz CT molecular complexity index is 756. The second-order valence-electron chi connectivity index (χ2n) is 6.49. The van der Waals surface area contributed by atoms with Crippen LogP contribution in [0.1, 0.15) is 24.8 Å². The normalized spacial score (nSPS) is 16.9. The summed E-state index contributed by atoms with van der Waals surface area (Å²) in [5.74, 6) is 1.02. The fourth-order valence-corrected chi connectivity index (χ4v) is 3.32. The first-order valence-electron chi connectivity index (χ1n) is 9.00. The summed E-state index contributed by atoms with van der Waals surface area (Å²) in [4.78, 5) is 14.3. The van der Waals surface area contributed by atoms with E-state index >= 15 is 0 Å². The number of hydrogen-bond acceptors (Lipinski definition) is 4. The predicted molar refractivity (Wildman–Crippen MR) is 101 cm³/mol. The largest absolute Gasteiger partial charge is 0.497 e. The fourth-order valence-electron chi connectivity index (χ4n) is 3.32. The van der Waals surface area contributed by atoms with Crippen LogP contribution in [-0.2, 0) is 11.3 Å². The number of hydrogen-bond donors (Lipinski definition) is 1. The number of likely N-dealkylation sites (tertiary alicyclic amines) is 1. The number of nitrogens with zero attached hydrogens (tertiary/aromatic N) is 3. The molecule has 1 atom stereocenters. The van der Waals surface area contributed by atoms with Crippen molar-refractivity contribution in [2.75, 3.05) is 20.2 Å². The summed E-state index contributed by atoms with van der Waals surface area (Å²) in [6.45, 7) is 6.00. The Labute approximate surface area is 154 Å². The first-order valence-corrected chi connectivity index (χ1v) is 9.00. The number of ether oxygens (including phenoxy) is 1. The lowest BCUT2D eigenvalue weighted by Crippen LogP contribution is -2.34. The Balaban J connectivity index is 1.65. The Hall–Kier alpha value is -2.60. The second kappa shape index (κ2) is 8.67. The molecule has 1 aliphatic rings.